The van der Waals surface area contributed by atoms with Crippen molar-refractivity contribution >= 4 is 22.8 Å². The van der Waals surface area contributed by atoms with E-state index in [1.54, 1.807) is 6.92 Å². The van der Waals surface area contributed by atoms with Gasteiger partial charge in [0.05, 0.1) is 30.8 Å². The molecule has 2 aromatic rings. The number of likely N-dealkylation sites (tertiary alicyclic amines) is 1. The Morgan fingerprint density at radius 2 is 1.96 bits per heavy atom. The van der Waals surface area contributed by atoms with E-state index in [0.717, 1.165) is 48.1 Å². The quantitative estimate of drug-likeness (QED) is 0.783. The van der Waals surface area contributed by atoms with E-state index in [1.807, 2.05) is 31.2 Å². The Morgan fingerprint density at radius 3 is 2.62 bits per heavy atom. The number of aryl methyl sites for hydroxylation is 1. The molecule has 0 bridgehead atoms. The number of pyridine rings is 1. The predicted molar refractivity (Wildman–Crippen MR) is 98.8 cm³/mol. The SMILES string of the molecule is CCOC(=O)c1c(C[NH+]2CCC(C(N)=O)CC2)nc2ccccc2c1C. The van der Waals surface area contributed by atoms with Crippen LogP contribution in [0.2, 0.25) is 0 Å². The Kier molecular flexibility index (Phi) is 5.52. The Balaban J connectivity index is 1.92. The summed E-state index contributed by atoms with van der Waals surface area (Å²) in [5, 5.41) is 0.974. The molecule has 0 aliphatic carbocycles. The first-order chi connectivity index (χ1) is 12.5. The second kappa shape index (κ2) is 7.83. The predicted octanol–water partition coefficient (Wildman–Crippen LogP) is 1.00. The number of benzene rings is 1. The highest BCUT2D eigenvalue weighted by atomic mass is 16.5. The summed E-state index contributed by atoms with van der Waals surface area (Å²) in [5.41, 5.74) is 8.57. The van der Waals surface area contributed by atoms with Crippen LogP contribution >= 0.6 is 0 Å². The maximum Gasteiger partial charge on any atom is 0.340 e. The van der Waals surface area contributed by atoms with Gasteiger partial charge < -0.3 is 15.4 Å². The van der Waals surface area contributed by atoms with Crippen molar-refractivity contribution in [3.05, 3.63) is 41.1 Å². The maximum atomic E-state index is 12.6. The van der Waals surface area contributed by atoms with Crippen molar-refractivity contribution in [1.29, 1.82) is 0 Å². The van der Waals surface area contributed by atoms with Crippen LogP contribution in [0.25, 0.3) is 10.9 Å². The van der Waals surface area contributed by atoms with E-state index in [2.05, 4.69) is 0 Å². The molecule has 0 unspecified atom stereocenters. The lowest BCUT2D eigenvalue weighted by molar-refractivity contribution is -0.919. The number of rotatable bonds is 5. The molecule has 2 heterocycles. The van der Waals surface area contributed by atoms with Gasteiger partial charge in [0.25, 0.3) is 0 Å². The molecule has 3 rings (SSSR count). The van der Waals surface area contributed by atoms with Crippen molar-refractivity contribution in [1.82, 2.24) is 4.98 Å². The first-order valence-corrected chi connectivity index (χ1v) is 9.19. The third kappa shape index (κ3) is 3.70. The third-order valence-electron chi connectivity index (χ3n) is 5.22. The van der Waals surface area contributed by atoms with E-state index in [-0.39, 0.29) is 17.8 Å². The number of ether oxygens (including phenoxy) is 1. The van der Waals surface area contributed by atoms with E-state index in [9.17, 15) is 9.59 Å². The minimum absolute atomic E-state index is 0.0328. The van der Waals surface area contributed by atoms with Crippen molar-refractivity contribution < 1.29 is 19.2 Å². The molecule has 1 amide bonds. The number of primary amides is 1. The molecular formula is C20H26N3O3+. The molecule has 1 aliphatic heterocycles. The smallest absolute Gasteiger partial charge is 0.340 e. The summed E-state index contributed by atoms with van der Waals surface area (Å²) in [6.07, 6.45) is 1.57. The summed E-state index contributed by atoms with van der Waals surface area (Å²) in [6, 6.07) is 7.85. The zero-order chi connectivity index (χ0) is 18.7. The highest BCUT2D eigenvalue weighted by Gasteiger charge is 2.28. The maximum absolute atomic E-state index is 12.6. The number of hydrogen-bond acceptors (Lipinski definition) is 4. The molecule has 1 aromatic carbocycles. The number of carbonyl (C=O) groups excluding carboxylic acids is 2. The zero-order valence-corrected chi connectivity index (χ0v) is 15.4. The van der Waals surface area contributed by atoms with Gasteiger partial charge in [-0.1, -0.05) is 18.2 Å². The number of aromatic nitrogens is 1. The number of hydrogen-bond donors (Lipinski definition) is 2. The van der Waals surface area contributed by atoms with Gasteiger partial charge in [-0.15, -0.1) is 0 Å². The highest BCUT2D eigenvalue weighted by molar-refractivity contribution is 5.98. The number of piperidine rings is 1. The van der Waals surface area contributed by atoms with Gasteiger partial charge >= 0.3 is 5.97 Å². The molecule has 0 radical (unpaired) electrons. The fourth-order valence-corrected chi connectivity index (χ4v) is 3.77. The molecule has 0 saturated carbocycles. The van der Waals surface area contributed by atoms with E-state index in [4.69, 9.17) is 15.5 Å². The Labute approximate surface area is 153 Å². The fourth-order valence-electron chi connectivity index (χ4n) is 3.77. The van der Waals surface area contributed by atoms with Crippen LogP contribution < -0.4 is 10.6 Å². The summed E-state index contributed by atoms with van der Waals surface area (Å²) in [7, 11) is 0. The summed E-state index contributed by atoms with van der Waals surface area (Å²) >= 11 is 0. The van der Waals surface area contributed by atoms with Crippen LogP contribution in [0.1, 0.15) is 41.4 Å². The normalized spacial score (nSPS) is 20.1. The number of para-hydroxylation sites is 1. The van der Waals surface area contributed by atoms with E-state index in [1.165, 1.54) is 4.90 Å². The molecule has 26 heavy (non-hydrogen) atoms. The topological polar surface area (TPSA) is 86.7 Å². The average molecular weight is 356 g/mol. The molecule has 6 nitrogen and oxygen atoms in total. The number of carbonyl (C=O) groups is 2. The zero-order valence-electron chi connectivity index (χ0n) is 15.4. The summed E-state index contributed by atoms with van der Waals surface area (Å²) < 4.78 is 5.29. The Morgan fingerprint density at radius 1 is 1.27 bits per heavy atom. The molecule has 1 saturated heterocycles. The fraction of sp³-hybridized carbons (Fsp3) is 0.450. The minimum atomic E-state index is -0.315. The number of fused-ring (bicyclic) bond motifs is 1. The Hall–Kier alpha value is -2.47. The number of amides is 1. The molecule has 0 atom stereocenters. The summed E-state index contributed by atoms with van der Waals surface area (Å²) in [6.45, 7) is 6.44. The van der Waals surface area contributed by atoms with Gasteiger partial charge in [-0.3, -0.25) is 4.79 Å². The largest absolute Gasteiger partial charge is 0.462 e. The standard InChI is InChI=1S/C20H25N3O3/c1-3-26-20(25)18-13(2)15-6-4-5-7-16(15)22-17(18)12-23-10-8-14(9-11-23)19(21)24/h4-7,14H,3,8-12H2,1-2H3,(H2,21,24)/p+1. The molecule has 138 valence electrons. The van der Waals surface area contributed by atoms with Crippen LogP contribution in [0.5, 0.6) is 0 Å². The van der Waals surface area contributed by atoms with Gasteiger partial charge in [0.1, 0.15) is 12.2 Å². The van der Waals surface area contributed by atoms with Gasteiger partial charge in [-0.25, -0.2) is 9.78 Å². The molecule has 0 spiro atoms. The lowest BCUT2D eigenvalue weighted by Gasteiger charge is -2.28. The monoisotopic (exact) mass is 356 g/mol. The van der Waals surface area contributed by atoms with E-state index in [0.29, 0.717) is 18.7 Å². The van der Waals surface area contributed by atoms with Gasteiger partial charge in [0.15, 0.2) is 0 Å². The van der Waals surface area contributed by atoms with Gasteiger partial charge in [0, 0.05) is 24.1 Å². The van der Waals surface area contributed by atoms with E-state index >= 15 is 0 Å². The average Bonchev–Trinajstić information content (AvgIpc) is 2.62. The number of quaternary nitrogens is 1. The minimum Gasteiger partial charge on any atom is -0.462 e. The molecular weight excluding hydrogens is 330 g/mol. The Bertz CT molecular complexity index is 826. The highest BCUT2D eigenvalue weighted by Crippen LogP contribution is 2.23. The molecule has 1 aliphatic rings. The van der Waals surface area contributed by atoms with Crippen LogP contribution in [-0.4, -0.2) is 36.6 Å². The number of nitrogens with two attached hydrogens (primary N) is 1. The van der Waals surface area contributed by atoms with Crippen molar-refractivity contribution in [3.8, 4) is 0 Å². The number of nitrogens with one attached hydrogen (secondary N) is 1. The molecule has 1 fully saturated rings. The van der Waals surface area contributed by atoms with Crippen LogP contribution in [0.4, 0.5) is 0 Å². The number of nitrogens with zero attached hydrogens (tertiary/aromatic N) is 1. The van der Waals surface area contributed by atoms with Gasteiger partial charge in [-0.05, 0) is 25.5 Å². The lowest BCUT2D eigenvalue weighted by Crippen LogP contribution is -3.12. The summed E-state index contributed by atoms with van der Waals surface area (Å²) in [5.74, 6) is -0.560. The van der Waals surface area contributed by atoms with Crippen LogP contribution in [-0.2, 0) is 16.1 Å². The van der Waals surface area contributed by atoms with Crippen LogP contribution in [0, 0.1) is 12.8 Å². The lowest BCUT2D eigenvalue weighted by atomic mass is 9.95. The van der Waals surface area contributed by atoms with Crippen LogP contribution in [0.15, 0.2) is 24.3 Å². The molecule has 1 aromatic heterocycles. The molecule has 6 heteroatoms. The second-order valence-corrected chi connectivity index (χ2v) is 6.90. The second-order valence-electron chi connectivity index (χ2n) is 6.90. The first-order valence-electron chi connectivity index (χ1n) is 9.19. The van der Waals surface area contributed by atoms with Crippen molar-refractivity contribution in [3.63, 3.8) is 0 Å². The first kappa shape index (κ1) is 18.3. The van der Waals surface area contributed by atoms with Crippen molar-refractivity contribution in [2.45, 2.75) is 33.2 Å². The summed E-state index contributed by atoms with van der Waals surface area (Å²) in [4.78, 5) is 30.0. The van der Waals surface area contributed by atoms with Crippen molar-refractivity contribution in [2.24, 2.45) is 11.7 Å². The number of esters is 1. The van der Waals surface area contributed by atoms with E-state index < -0.39 is 0 Å². The van der Waals surface area contributed by atoms with Gasteiger partial charge in [0.2, 0.25) is 5.91 Å². The molecule has 3 N–H and O–H groups in total. The van der Waals surface area contributed by atoms with Crippen LogP contribution in [0.3, 0.4) is 0 Å². The van der Waals surface area contributed by atoms with Gasteiger partial charge in [-0.2, -0.15) is 0 Å². The third-order valence-corrected chi connectivity index (χ3v) is 5.22. The van der Waals surface area contributed by atoms with Crippen molar-refractivity contribution in [2.75, 3.05) is 19.7 Å².